The van der Waals surface area contributed by atoms with Crippen LogP contribution in [0.4, 0.5) is 0 Å². The van der Waals surface area contributed by atoms with Crippen LogP contribution < -0.4 is 5.32 Å². The third kappa shape index (κ3) is 3.66. The highest BCUT2D eigenvalue weighted by Crippen LogP contribution is 2.07. The number of aryl methyl sites for hydroxylation is 1. The molecule has 0 spiro atoms. The molecule has 2 aromatic heterocycles. The molecule has 0 aliphatic rings. The lowest BCUT2D eigenvalue weighted by molar-refractivity contribution is 0.699. The number of rotatable bonds is 4. The van der Waals surface area contributed by atoms with Gasteiger partial charge >= 0.3 is 0 Å². The number of hydrogen-bond acceptors (Lipinski definition) is 3. The molecular formula is C10H14ClN3S. The van der Waals surface area contributed by atoms with Gasteiger partial charge in [0.1, 0.15) is 0 Å². The number of hydrogen-bond donors (Lipinski definition) is 1. The predicted octanol–water partition coefficient (Wildman–Crippen LogP) is 2.19. The average molecular weight is 244 g/mol. The smallest absolute Gasteiger partial charge is 0.0534 e. The SMILES string of the molecule is Cl.Cn1cc(CNCc2cccs2)cn1. The molecule has 5 heteroatoms. The fourth-order valence-corrected chi connectivity index (χ4v) is 1.98. The Labute approximate surface area is 99.5 Å². The summed E-state index contributed by atoms with van der Waals surface area (Å²) in [4.78, 5) is 1.37. The second kappa shape index (κ2) is 5.90. The van der Waals surface area contributed by atoms with Crippen LogP contribution in [0.25, 0.3) is 0 Å². The monoisotopic (exact) mass is 243 g/mol. The molecule has 0 aliphatic heterocycles. The zero-order valence-corrected chi connectivity index (χ0v) is 10.1. The normalized spacial score (nSPS) is 9.93. The lowest BCUT2D eigenvalue weighted by atomic mass is 10.3. The highest BCUT2D eigenvalue weighted by Gasteiger charge is 1.96. The minimum atomic E-state index is 0. The Morgan fingerprint density at radius 3 is 2.93 bits per heavy atom. The fraction of sp³-hybridized carbons (Fsp3) is 0.300. The van der Waals surface area contributed by atoms with Crippen LogP contribution in [0, 0.1) is 0 Å². The summed E-state index contributed by atoms with van der Waals surface area (Å²) in [5.41, 5.74) is 1.23. The predicted molar refractivity (Wildman–Crippen MR) is 65.3 cm³/mol. The van der Waals surface area contributed by atoms with Gasteiger partial charge in [-0.3, -0.25) is 4.68 Å². The molecule has 0 aromatic carbocycles. The molecular weight excluding hydrogens is 230 g/mol. The molecule has 3 nitrogen and oxygen atoms in total. The Morgan fingerprint density at radius 2 is 2.33 bits per heavy atom. The maximum Gasteiger partial charge on any atom is 0.0534 e. The zero-order valence-electron chi connectivity index (χ0n) is 8.51. The Morgan fingerprint density at radius 1 is 1.47 bits per heavy atom. The number of thiophene rings is 1. The summed E-state index contributed by atoms with van der Waals surface area (Å²) in [6.07, 6.45) is 3.92. The van der Waals surface area contributed by atoms with E-state index in [1.165, 1.54) is 10.4 Å². The highest BCUT2D eigenvalue weighted by molar-refractivity contribution is 7.09. The van der Waals surface area contributed by atoms with Crippen molar-refractivity contribution in [3.05, 3.63) is 40.3 Å². The van der Waals surface area contributed by atoms with Gasteiger partial charge in [0.2, 0.25) is 0 Å². The summed E-state index contributed by atoms with van der Waals surface area (Å²) in [5, 5.41) is 9.58. The van der Waals surface area contributed by atoms with E-state index in [1.807, 2.05) is 24.1 Å². The number of halogens is 1. The molecule has 2 heterocycles. The van der Waals surface area contributed by atoms with E-state index in [4.69, 9.17) is 0 Å². The van der Waals surface area contributed by atoms with Crippen LogP contribution in [0.1, 0.15) is 10.4 Å². The van der Waals surface area contributed by atoms with Crippen LogP contribution in [0.5, 0.6) is 0 Å². The van der Waals surface area contributed by atoms with Crippen molar-refractivity contribution >= 4 is 23.7 Å². The molecule has 0 saturated heterocycles. The van der Waals surface area contributed by atoms with Crippen molar-refractivity contribution < 1.29 is 0 Å². The molecule has 0 unspecified atom stereocenters. The van der Waals surface area contributed by atoms with Crippen LogP contribution in [0.3, 0.4) is 0 Å². The van der Waals surface area contributed by atoms with Gasteiger partial charge in [0, 0.05) is 36.8 Å². The standard InChI is InChI=1S/C10H13N3S.ClH/c1-13-8-9(6-12-13)5-11-7-10-3-2-4-14-10;/h2-4,6,8,11H,5,7H2,1H3;1H. The van der Waals surface area contributed by atoms with Gasteiger partial charge in [-0.1, -0.05) is 6.07 Å². The van der Waals surface area contributed by atoms with Gasteiger partial charge in [0.05, 0.1) is 6.20 Å². The fourth-order valence-electron chi connectivity index (χ4n) is 1.31. The van der Waals surface area contributed by atoms with Crippen LogP contribution in [0.2, 0.25) is 0 Å². The maximum absolute atomic E-state index is 4.11. The van der Waals surface area contributed by atoms with Gasteiger partial charge in [0.25, 0.3) is 0 Å². The molecule has 0 saturated carbocycles. The van der Waals surface area contributed by atoms with Crippen LogP contribution in [-0.4, -0.2) is 9.78 Å². The Balaban J connectivity index is 0.00000112. The Hall–Kier alpha value is -0.840. The summed E-state index contributed by atoms with van der Waals surface area (Å²) in [5.74, 6) is 0. The largest absolute Gasteiger partial charge is 0.308 e. The molecule has 0 fully saturated rings. The number of nitrogens with zero attached hydrogens (tertiary/aromatic N) is 2. The Bertz CT molecular complexity index is 383. The summed E-state index contributed by atoms with van der Waals surface area (Å²) < 4.78 is 1.82. The summed E-state index contributed by atoms with van der Waals surface area (Å²) in [6.45, 7) is 1.82. The first-order valence-corrected chi connectivity index (χ1v) is 5.43. The summed E-state index contributed by atoms with van der Waals surface area (Å²) >= 11 is 1.78. The third-order valence-corrected chi connectivity index (χ3v) is 2.84. The first-order chi connectivity index (χ1) is 6.84. The minimum absolute atomic E-state index is 0. The van der Waals surface area contributed by atoms with Gasteiger partial charge in [-0.2, -0.15) is 5.10 Å². The second-order valence-electron chi connectivity index (χ2n) is 3.21. The van der Waals surface area contributed by atoms with E-state index in [0.717, 1.165) is 13.1 Å². The number of nitrogens with one attached hydrogen (secondary N) is 1. The van der Waals surface area contributed by atoms with E-state index in [-0.39, 0.29) is 12.4 Å². The van der Waals surface area contributed by atoms with E-state index in [0.29, 0.717) is 0 Å². The van der Waals surface area contributed by atoms with Crippen molar-refractivity contribution in [2.75, 3.05) is 0 Å². The Kier molecular flexibility index (Phi) is 4.81. The maximum atomic E-state index is 4.11. The quantitative estimate of drug-likeness (QED) is 0.892. The van der Waals surface area contributed by atoms with Gasteiger partial charge in [-0.25, -0.2) is 0 Å². The van der Waals surface area contributed by atoms with Gasteiger partial charge in [-0.15, -0.1) is 23.7 Å². The van der Waals surface area contributed by atoms with Crippen molar-refractivity contribution in [3.8, 4) is 0 Å². The molecule has 0 aliphatic carbocycles. The molecule has 0 atom stereocenters. The van der Waals surface area contributed by atoms with E-state index in [2.05, 4.69) is 27.9 Å². The van der Waals surface area contributed by atoms with Gasteiger partial charge in [-0.05, 0) is 11.4 Å². The topological polar surface area (TPSA) is 29.9 Å². The van der Waals surface area contributed by atoms with Crippen molar-refractivity contribution in [3.63, 3.8) is 0 Å². The summed E-state index contributed by atoms with van der Waals surface area (Å²) in [6, 6.07) is 4.21. The lowest BCUT2D eigenvalue weighted by Gasteiger charge is -1.99. The molecule has 1 N–H and O–H groups in total. The molecule has 2 rings (SSSR count). The third-order valence-electron chi connectivity index (χ3n) is 1.97. The average Bonchev–Trinajstić information content (AvgIpc) is 2.77. The van der Waals surface area contributed by atoms with Crippen molar-refractivity contribution in [1.82, 2.24) is 15.1 Å². The molecule has 15 heavy (non-hydrogen) atoms. The van der Waals surface area contributed by atoms with E-state index < -0.39 is 0 Å². The van der Waals surface area contributed by atoms with Crippen LogP contribution >= 0.6 is 23.7 Å². The van der Waals surface area contributed by atoms with Crippen molar-refractivity contribution in [2.45, 2.75) is 13.1 Å². The van der Waals surface area contributed by atoms with Gasteiger partial charge < -0.3 is 5.32 Å². The van der Waals surface area contributed by atoms with E-state index in [1.54, 1.807) is 11.3 Å². The summed E-state index contributed by atoms with van der Waals surface area (Å²) in [7, 11) is 1.93. The highest BCUT2D eigenvalue weighted by atomic mass is 35.5. The van der Waals surface area contributed by atoms with Crippen molar-refractivity contribution in [1.29, 1.82) is 0 Å². The molecule has 0 bridgehead atoms. The van der Waals surface area contributed by atoms with E-state index in [9.17, 15) is 0 Å². The van der Waals surface area contributed by atoms with Gasteiger partial charge in [0.15, 0.2) is 0 Å². The molecule has 0 amide bonds. The first kappa shape index (κ1) is 12.2. The van der Waals surface area contributed by atoms with Crippen molar-refractivity contribution in [2.24, 2.45) is 7.05 Å². The van der Waals surface area contributed by atoms with E-state index >= 15 is 0 Å². The zero-order chi connectivity index (χ0) is 9.80. The lowest BCUT2D eigenvalue weighted by Crippen LogP contribution is -2.11. The molecule has 0 radical (unpaired) electrons. The minimum Gasteiger partial charge on any atom is -0.308 e. The van der Waals surface area contributed by atoms with Crippen LogP contribution in [0.15, 0.2) is 29.9 Å². The second-order valence-corrected chi connectivity index (χ2v) is 4.24. The van der Waals surface area contributed by atoms with Crippen LogP contribution in [-0.2, 0) is 20.1 Å². The molecule has 82 valence electrons. The first-order valence-electron chi connectivity index (χ1n) is 4.55. The number of aromatic nitrogens is 2. The molecule has 2 aromatic rings.